The molecule has 2 aromatic carbocycles. The number of rotatable bonds is 6. The molecule has 2 N–H and O–H groups in total. The van der Waals surface area contributed by atoms with Crippen molar-refractivity contribution in [3.05, 3.63) is 58.6 Å². The number of alkyl halides is 2. The van der Waals surface area contributed by atoms with Gasteiger partial charge < -0.3 is 10.6 Å². The van der Waals surface area contributed by atoms with E-state index in [-0.39, 0.29) is 12.1 Å². The zero-order chi connectivity index (χ0) is 19.3. The number of carbonyl (C=O) groups is 2. The van der Waals surface area contributed by atoms with E-state index in [1.807, 2.05) is 0 Å². The molecule has 26 heavy (non-hydrogen) atoms. The topological polar surface area (TPSA) is 92.3 Å². The molecule has 0 aliphatic carbocycles. The van der Waals surface area contributed by atoms with E-state index in [0.29, 0.717) is 5.69 Å². The lowest BCUT2D eigenvalue weighted by Crippen LogP contribution is -2.32. The quantitative estimate of drug-likeness (QED) is 0.713. The van der Waals surface area contributed by atoms with Gasteiger partial charge in [0, 0.05) is 15.7 Å². The predicted octanol–water partition coefficient (Wildman–Crippen LogP) is 2.81. The maximum Gasteiger partial charge on any atom is 0.341 e. The summed E-state index contributed by atoms with van der Waals surface area (Å²) in [5.74, 6) is -4.64. The van der Waals surface area contributed by atoms with Crippen LogP contribution in [0.4, 0.5) is 14.5 Å². The first-order chi connectivity index (χ1) is 12.2. The Morgan fingerprint density at radius 1 is 1.00 bits per heavy atom. The fourth-order valence-corrected chi connectivity index (χ4v) is 2.89. The van der Waals surface area contributed by atoms with Crippen LogP contribution in [0.5, 0.6) is 0 Å². The third-order valence-electron chi connectivity index (χ3n) is 3.22. The van der Waals surface area contributed by atoms with Gasteiger partial charge in [-0.2, -0.15) is 8.78 Å². The predicted molar refractivity (Wildman–Crippen MR) is 94.7 cm³/mol. The molecule has 0 aliphatic heterocycles. The van der Waals surface area contributed by atoms with Gasteiger partial charge in [-0.25, -0.2) is 8.42 Å². The van der Waals surface area contributed by atoms with Crippen molar-refractivity contribution in [2.24, 2.45) is 0 Å². The number of halogens is 3. The van der Waals surface area contributed by atoms with E-state index in [4.69, 9.17) is 0 Å². The standard InChI is InChI=1S/C16H13BrF2N2O4S/c17-11-3-5-12(6-4-11)21-14(22)9-20-15(23)10-1-7-13(8-2-10)26(24,25)16(18)19/h1-8,16H,9H2,(H,20,23)(H,21,22). The van der Waals surface area contributed by atoms with Gasteiger partial charge >= 0.3 is 5.76 Å². The van der Waals surface area contributed by atoms with E-state index in [9.17, 15) is 26.8 Å². The first-order valence-electron chi connectivity index (χ1n) is 7.16. The number of carbonyl (C=O) groups excluding carboxylic acids is 2. The highest BCUT2D eigenvalue weighted by Gasteiger charge is 2.26. The van der Waals surface area contributed by atoms with Crippen molar-refractivity contribution in [1.82, 2.24) is 5.32 Å². The van der Waals surface area contributed by atoms with Crippen molar-refractivity contribution in [1.29, 1.82) is 0 Å². The second-order valence-corrected chi connectivity index (χ2v) is 7.90. The van der Waals surface area contributed by atoms with Crippen LogP contribution in [0, 0.1) is 0 Å². The smallest absolute Gasteiger partial charge is 0.341 e. The first kappa shape index (κ1) is 20.0. The molecule has 0 saturated heterocycles. The molecule has 0 fully saturated rings. The summed E-state index contributed by atoms with van der Waals surface area (Å²) in [6.45, 7) is -0.314. The summed E-state index contributed by atoms with van der Waals surface area (Å²) in [5, 5.41) is 4.93. The summed E-state index contributed by atoms with van der Waals surface area (Å²) in [4.78, 5) is 23.2. The van der Waals surface area contributed by atoms with Crippen molar-refractivity contribution < 1.29 is 26.8 Å². The summed E-state index contributed by atoms with van der Waals surface area (Å²) in [5.41, 5.74) is 0.587. The Labute approximate surface area is 156 Å². The average molecular weight is 447 g/mol. The van der Waals surface area contributed by atoms with Gasteiger partial charge in [0.1, 0.15) is 0 Å². The summed E-state index contributed by atoms with van der Waals surface area (Å²) in [6, 6.07) is 10.8. The lowest BCUT2D eigenvalue weighted by molar-refractivity contribution is -0.115. The van der Waals surface area contributed by atoms with Gasteiger partial charge in [0.15, 0.2) is 0 Å². The van der Waals surface area contributed by atoms with Gasteiger partial charge in [0.2, 0.25) is 15.7 Å². The van der Waals surface area contributed by atoms with Crippen LogP contribution in [0.3, 0.4) is 0 Å². The molecule has 0 saturated carbocycles. The van der Waals surface area contributed by atoms with Crippen LogP contribution in [0.2, 0.25) is 0 Å². The van der Waals surface area contributed by atoms with Gasteiger partial charge in [-0.1, -0.05) is 15.9 Å². The highest BCUT2D eigenvalue weighted by Crippen LogP contribution is 2.18. The minimum absolute atomic E-state index is 0.0367. The number of benzene rings is 2. The van der Waals surface area contributed by atoms with E-state index in [1.54, 1.807) is 24.3 Å². The average Bonchev–Trinajstić information content (AvgIpc) is 2.61. The highest BCUT2D eigenvalue weighted by atomic mass is 79.9. The molecule has 0 aliphatic rings. The summed E-state index contributed by atoms with van der Waals surface area (Å²) >= 11 is 3.26. The fourth-order valence-electron chi connectivity index (χ4n) is 1.90. The van der Waals surface area contributed by atoms with Crippen molar-refractivity contribution in [2.75, 3.05) is 11.9 Å². The van der Waals surface area contributed by atoms with E-state index in [2.05, 4.69) is 26.6 Å². The van der Waals surface area contributed by atoms with Crippen LogP contribution in [-0.2, 0) is 14.6 Å². The minimum atomic E-state index is -4.72. The lowest BCUT2D eigenvalue weighted by Gasteiger charge is -2.08. The van der Waals surface area contributed by atoms with Crippen LogP contribution in [0.1, 0.15) is 10.4 Å². The summed E-state index contributed by atoms with van der Waals surface area (Å²) in [6.07, 6.45) is 0. The van der Waals surface area contributed by atoms with Crippen LogP contribution in [0.15, 0.2) is 57.9 Å². The molecule has 0 heterocycles. The van der Waals surface area contributed by atoms with Crippen LogP contribution >= 0.6 is 15.9 Å². The molecule has 138 valence electrons. The monoisotopic (exact) mass is 446 g/mol. The number of nitrogens with one attached hydrogen (secondary N) is 2. The number of sulfone groups is 1. The molecule has 2 rings (SSSR count). The van der Waals surface area contributed by atoms with E-state index in [1.165, 1.54) is 0 Å². The molecule has 0 atom stereocenters. The fraction of sp³-hybridized carbons (Fsp3) is 0.125. The molecule has 2 aromatic rings. The highest BCUT2D eigenvalue weighted by molar-refractivity contribution is 9.10. The van der Waals surface area contributed by atoms with Crippen molar-refractivity contribution in [3.63, 3.8) is 0 Å². The molecule has 0 radical (unpaired) electrons. The summed E-state index contributed by atoms with van der Waals surface area (Å²) < 4.78 is 48.4. The van der Waals surface area contributed by atoms with E-state index >= 15 is 0 Å². The Hall–Kier alpha value is -2.33. The van der Waals surface area contributed by atoms with Crippen LogP contribution in [-0.4, -0.2) is 32.5 Å². The molecular weight excluding hydrogens is 434 g/mol. The molecule has 2 amide bonds. The van der Waals surface area contributed by atoms with Crippen molar-refractivity contribution in [2.45, 2.75) is 10.7 Å². The maximum atomic E-state index is 12.5. The Kier molecular flexibility index (Phi) is 6.43. The maximum absolute atomic E-state index is 12.5. The van der Waals surface area contributed by atoms with Gasteiger partial charge in [0.05, 0.1) is 11.4 Å². The second-order valence-electron chi connectivity index (χ2n) is 5.07. The number of hydrogen-bond acceptors (Lipinski definition) is 4. The molecule has 0 aromatic heterocycles. The van der Waals surface area contributed by atoms with Gasteiger partial charge in [-0.3, -0.25) is 9.59 Å². The van der Waals surface area contributed by atoms with Gasteiger partial charge in [-0.05, 0) is 48.5 Å². The third kappa shape index (κ3) is 5.09. The summed E-state index contributed by atoms with van der Waals surface area (Å²) in [7, 11) is -4.72. The Morgan fingerprint density at radius 3 is 2.12 bits per heavy atom. The van der Waals surface area contributed by atoms with Gasteiger partial charge in [-0.15, -0.1) is 0 Å². The molecular formula is C16H13BrF2N2O4S. The molecule has 0 bridgehead atoms. The number of amides is 2. The Balaban J connectivity index is 1.93. The SMILES string of the molecule is O=C(CNC(=O)c1ccc(S(=O)(=O)C(F)F)cc1)Nc1ccc(Br)cc1. The lowest BCUT2D eigenvalue weighted by atomic mass is 10.2. The molecule has 10 heteroatoms. The molecule has 0 unspecified atom stereocenters. The Morgan fingerprint density at radius 2 is 1.58 bits per heavy atom. The van der Waals surface area contributed by atoms with Crippen LogP contribution < -0.4 is 10.6 Å². The zero-order valence-electron chi connectivity index (χ0n) is 13.1. The van der Waals surface area contributed by atoms with E-state index in [0.717, 1.165) is 28.7 Å². The normalized spacial score (nSPS) is 11.2. The van der Waals surface area contributed by atoms with Gasteiger partial charge in [0.25, 0.3) is 5.91 Å². The zero-order valence-corrected chi connectivity index (χ0v) is 15.5. The van der Waals surface area contributed by atoms with Crippen molar-refractivity contribution >= 4 is 43.3 Å². The molecule has 6 nitrogen and oxygen atoms in total. The second kappa shape index (κ2) is 8.37. The first-order valence-corrected chi connectivity index (χ1v) is 9.50. The minimum Gasteiger partial charge on any atom is -0.343 e. The number of anilines is 1. The molecule has 0 spiro atoms. The third-order valence-corrected chi connectivity index (χ3v) is 5.14. The van der Waals surface area contributed by atoms with E-state index < -0.39 is 32.3 Å². The van der Waals surface area contributed by atoms with Crippen molar-refractivity contribution in [3.8, 4) is 0 Å². The Bertz CT molecular complexity index is 901. The number of hydrogen-bond donors (Lipinski definition) is 2. The largest absolute Gasteiger partial charge is 0.343 e. The van der Waals surface area contributed by atoms with Crippen LogP contribution in [0.25, 0.3) is 0 Å².